The summed E-state index contributed by atoms with van der Waals surface area (Å²) in [5, 5.41) is 10.8. The van der Waals surface area contributed by atoms with Crippen LogP contribution in [0.5, 0.6) is 0 Å². The molecule has 1 heterocycles. The summed E-state index contributed by atoms with van der Waals surface area (Å²) in [5.41, 5.74) is 0. The molecule has 0 saturated carbocycles. The summed E-state index contributed by atoms with van der Waals surface area (Å²) in [7, 11) is -2.02. The lowest BCUT2D eigenvalue weighted by molar-refractivity contribution is 0.171. The summed E-state index contributed by atoms with van der Waals surface area (Å²) in [6, 6.07) is 1.69. The molecule has 4 nitrogen and oxygen atoms in total. The van der Waals surface area contributed by atoms with Crippen molar-refractivity contribution in [2.75, 3.05) is 13.6 Å². The van der Waals surface area contributed by atoms with Crippen molar-refractivity contribution in [3.8, 4) is 0 Å². The Morgan fingerprint density at radius 1 is 1.67 bits per heavy atom. The Labute approximate surface area is 102 Å². The average molecular weight is 314 g/mol. The molecule has 0 bridgehead atoms. The lowest BCUT2D eigenvalue weighted by Crippen LogP contribution is -2.32. The van der Waals surface area contributed by atoms with Crippen LogP contribution in [0, 0.1) is 0 Å². The minimum Gasteiger partial charge on any atom is -0.392 e. The molecule has 0 aliphatic rings. The molecule has 0 amide bonds. The van der Waals surface area contributed by atoms with Crippen LogP contribution in [0.3, 0.4) is 0 Å². The molecule has 0 radical (unpaired) electrons. The summed E-state index contributed by atoms with van der Waals surface area (Å²) in [5.74, 6) is 0. The number of aliphatic hydroxyl groups excluding tert-OH is 1. The number of sulfonamides is 1. The summed E-state index contributed by atoms with van der Waals surface area (Å²) in [6.45, 7) is 1.64. The number of hydrogen-bond donors (Lipinski definition) is 1. The SMILES string of the molecule is CC(O)CN(C)S(=O)(=O)c1sccc1Br. The van der Waals surface area contributed by atoms with Crippen molar-refractivity contribution in [3.05, 3.63) is 15.9 Å². The predicted octanol–water partition coefficient (Wildman–Crippen LogP) is 1.51. The molecule has 15 heavy (non-hydrogen) atoms. The van der Waals surface area contributed by atoms with Gasteiger partial charge in [0.2, 0.25) is 0 Å². The highest BCUT2D eigenvalue weighted by atomic mass is 79.9. The maximum Gasteiger partial charge on any atom is 0.253 e. The maximum absolute atomic E-state index is 11.9. The monoisotopic (exact) mass is 313 g/mol. The van der Waals surface area contributed by atoms with Crippen LogP contribution < -0.4 is 0 Å². The van der Waals surface area contributed by atoms with Gasteiger partial charge in [0, 0.05) is 18.1 Å². The summed E-state index contributed by atoms with van der Waals surface area (Å²) in [4.78, 5) is 0. The highest BCUT2D eigenvalue weighted by molar-refractivity contribution is 9.10. The molecular weight excluding hydrogens is 302 g/mol. The Balaban J connectivity index is 2.99. The number of nitrogens with zero attached hydrogens (tertiary/aromatic N) is 1. The van der Waals surface area contributed by atoms with Crippen LogP contribution in [0.1, 0.15) is 6.92 Å². The van der Waals surface area contributed by atoms with E-state index in [0.717, 1.165) is 15.6 Å². The van der Waals surface area contributed by atoms with Crippen molar-refractivity contribution in [2.24, 2.45) is 0 Å². The summed E-state index contributed by atoms with van der Waals surface area (Å²) >= 11 is 4.33. The summed E-state index contributed by atoms with van der Waals surface area (Å²) in [6.07, 6.45) is -0.677. The Bertz CT molecular complexity index is 427. The van der Waals surface area contributed by atoms with Crippen molar-refractivity contribution >= 4 is 37.3 Å². The summed E-state index contributed by atoms with van der Waals surface area (Å²) < 4.78 is 25.9. The first-order valence-electron chi connectivity index (χ1n) is 4.23. The van der Waals surface area contributed by atoms with Crippen molar-refractivity contribution < 1.29 is 13.5 Å². The van der Waals surface area contributed by atoms with E-state index in [0.29, 0.717) is 4.47 Å². The number of aliphatic hydroxyl groups is 1. The zero-order valence-electron chi connectivity index (χ0n) is 8.34. The molecule has 0 fully saturated rings. The van der Waals surface area contributed by atoms with Crippen LogP contribution in [0.15, 0.2) is 20.1 Å². The van der Waals surface area contributed by atoms with Gasteiger partial charge in [0.05, 0.1) is 6.10 Å². The van der Waals surface area contributed by atoms with Crippen LogP contribution >= 0.6 is 27.3 Å². The van der Waals surface area contributed by atoms with E-state index in [1.807, 2.05) is 0 Å². The lowest BCUT2D eigenvalue weighted by Gasteiger charge is -2.17. The second-order valence-electron chi connectivity index (χ2n) is 3.19. The second-order valence-corrected chi connectivity index (χ2v) is 7.20. The van der Waals surface area contributed by atoms with Gasteiger partial charge in [-0.1, -0.05) is 0 Å². The molecular formula is C8H12BrNO3S2. The van der Waals surface area contributed by atoms with Crippen LogP contribution in [0.25, 0.3) is 0 Å². The third-order valence-corrected chi connectivity index (χ3v) is 6.22. The Hall–Kier alpha value is 0.0500. The van der Waals surface area contributed by atoms with Gasteiger partial charge in [-0.2, -0.15) is 4.31 Å². The molecule has 1 atom stereocenters. The van der Waals surface area contributed by atoms with E-state index in [1.54, 1.807) is 18.4 Å². The Morgan fingerprint density at radius 2 is 2.27 bits per heavy atom. The van der Waals surface area contributed by atoms with E-state index in [2.05, 4.69) is 15.9 Å². The minimum atomic E-state index is -3.48. The fraction of sp³-hybridized carbons (Fsp3) is 0.500. The quantitative estimate of drug-likeness (QED) is 0.916. The smallest absolute Gasteiger partial charge is 0.253 e. The van der Waals surface area contributed by atoms with Crippen molar-refractivity contribution in [3.63, 3.8) is 0 Å². The second kappa shape index (κ2) is 4.92. The van der Waals surface area contributed by atoms with Crippen LogP contribution in [-0.2, 0) is 10.0 Å². The fourth-order valence-corrected chi connectivity index (χ4v) is 4.83. The van der Waals surface area contributed by atoms with Gasteiger partial charge in [-0.3, -0.25) is 0 Å². The van der Waals surface area contributed by atoms with Gasteiger partial charge in [0.15, 0.2) is 0 Å². The molecule has 0 saturated heterocycles. The molecule has 7 heteroatoms. The number of likely N-dealkylation sites (N-methyl/N-ethyl adjacent to an activating group) is 1. The lowest BCUT2D eigenvalue weighted by atomic mass is 10.4. The molecule has 1 N–H and O–H groups in total. The third-order valence-electron chi connectivity index (χ3n) is 1.75. The standard InChI is InChI=1S/C8H12BrNO3S2/c1-6(11)5-10(2)15(12,13)8-7(9)3-4-14-8/h3-4,6,11H,5H2,1-2H3. The first-order chi connectivity index (χ1) is 6.85. The average Bonchev–Trinajstić information content (AvgIpc) is 2.50. The molecule has 1 unspecified atom stereocenters. The fourth-order valence-electron chi connectivity index (χ4n) is 1.08. The van der Waals surface area contributed by atoms with Gasteiger partial charge in [0.1, 0.15) is 4.21 Å². The van der Waals surface area contributed by atoms with Gasteiger partial charge in [-0.15, -0.1) is 11.3 Å². The molecule has 1 rings (SSSR count). The number of hydrogen-bond acceptors (Lipinski definition) is 4. The van der Waals surface area contributed by atoms with E-state index < -0.39 is 16.1 Å². The molecule has 1 aromatic heterocycles. The predicted molar refractivity (Wildman–Crippen MR) is 63.5 cm³/mol. The zero-order chi connectivity index (χ0) is 11.6. The van der Waals surface area contributed by atoms with E-state index in [-0.39, 0.29) is 10.8 Å². The number of thiophene rings is 1. The highest BCUT2D eigenvalue weighted by Crippen LogP contribution is 2.29. The number of rotatable bonds is 4. The maximum atomic E-state index is 11.9. The van der Waals surface area contributed by atoms with Gasteiger partial charge < -0.3 is 5.11 Å². The molecule has 1 aromatic rings. The molecule has 0 aromatic carbocycles. The third kappa shape index (κ3) is 3.01. The van der Waals surface area contributed by atoms with Gasteiger partial charge >= 0.3 is 0 Å². The molecule has 0 spiro atoms. The Morgan fingerprint density at radius 3 is 2.67 bits per heavy atom. The minimum absolute atomic E-state index is 0.0900. The van der Waals surface area contributed by atoms with Gasteiger partial charge in [-0.25, -0.2) is 8.42 Å². The molecule has 86 valence electrons. The zero-order valence-corrected chi connectivity index (χ0v) is 11.6. The Kier molecular flexibility index (Phi) is 4.30. The van der Waals surface area contributed by atoms with Crippen molar-refractivity contribution in [1.29, 1.82) is 0 Å². The van der Waals surface area contributed by atoms with Crippen LogP contribution in [0.4, 0.5) is 0 Å². The number of halogens is 1. The van der Waals surface area contributed by atoms with Crippen molar-refractivity contribution in [1.82, 2.24) is 4.31 Å². The topological polar surface area (TPSA) is 57.6 Å². The van der Waals surface area contributed by atoms with Gasteiger partial charge in [0.25, 0.3) is 10.0 Å². The van der Waals surface area contributed by atoms with E-state index >= 15 is 0 Å². The largest absolute Gasteiger partial charge is 0.392 e. The highest BCUT2D eigenvalue weighted by Gasteiger charge is 2.25. The molecule has 0 aliphatic carbocycles. The molecule has 0 aliphatic heterocycles. The van der Waals surface area contributed by atoms with Crippen LogP contribution in [0.2, 0.25) is 0 Å². The van der Waals surface area contributed by atoms with E-state index in [9.17, 15) is 8.42 Å². The van der Waals surface area contributed by atoms with Crippen molar-refractivity contribution in [2.45, 2.75) is 17.2 Å². The van der Waals surface area contributed by atoms with Gasteiger partial charge in [-0.05, 0) is 34.3 Å². The normalized spacial score (nSPS) is 14.5. The first-order valence-corrected chi connectivity index (χ1v) is 7.34. The van der Waals surface area contributed by atoms with Crippen LogP contribution in [-0.4, -0.2) is 37.5 Å². The first kappa shape index (κ1) is 13.1. The van der Waals surface area contributed by atoms with E-state index in [4.69, 9.17) is 5.11 Å². The van der Waals surface area contributed by atoms with E-state index in [1.165, 1.54) is 7.05 Å².